The van der Waals surface area contributed by atoms with Crippen molar-refractivity contribution in [1.82, 2.24) is 19.9 Å². The first-order valence-electron chi connectivity index (χ1n) is 9.91. The van der Waals surface area contributed by atoms with Gasteiger partial charge in [0.2, 0.25) is 0 Å². The predicted octanol–water partition coefficient (Wildman–Crippen LogP) is 4.39. The lowest BCUT2D eigenvalue weighted by Crippen LogP contribution is -2.18. The van der Waals surface area contributed by atoms with Crippen LogP contribution in [0.2, 0.25) is 0 Å². The van der Waals surface area contributed by atoms with Gasteiger partial charge in [0.05, 0.1) is 36.4 Å². The molecule has 2 aromatic carbocycles. The molecule has 4 rings (SSSR count). The molecular weight excluding hydrogens is 379 g/mol. The number of nitrogens with one attached hydrogen (secondary N) is 2. The van der Waals surface area contributed by atoms with Gasteiger partial charge >= 0.3 is 0 Å². The van der Waals surface area contributed by atoms with Crippen molar-refractivity contribution in [2.75, 3.05) is 0 Å². The van der Waals surface area contributed by atoms with Crippen molar-refractivity contribution < 1.29 is 4.39 Å². The maximum atomic E-state index is 14.8. The molecular formula is C23H25FN6. The van der Waals surface area contributed by atoms with E-state index in [-0.39, 0.29) is 11.9 Å². The molecule has 2 aromatic heterocycles. The summed E-state index contributed by atoms with van der Waals surface area (Å²) in [5.74, 6) is 1.43. The minimum absolute atomic E-state index is 0.138. The molecule has 6 nitrogen and oxygen atoms in total. The second kappa shape index (κ2) is 8.22. The summed E-state index contributed by atoms with van der Waals surface area (Å²) < 4.78 is 14.8. The number of nitrogens with zero attached hydrogens (tertiary/aromatic N) is 2. The maximum absolute atomic E-state index is 14.8. The first-order valence-corrected chi connectivity index (χ1v) is 9.91. The Balaban J connectivity index is 1.57. The lowest BCUT2D eigenvalue weighted by molar-refractivity contribution is 0.494. The second-order valence-electron chi connectivity index (χ2n) is 7.67. The van der Waals surface area contributed by atoms with Crippen molar-refractivity contribution in [1.29, 1.82) is 0 Å². The Morgan fingerprint density at radius 2 is 1.53 bits per heavy atom. The molecule has 0 radical (unpaired) electrons. The SMILES string of the molecule is CC(C)C(N)c1ncc(-c2ccc(-c3ccc(-c4cnc(CN)[nH]4)cc3F)cc2)[nH]1. The summed E-state index contributed by atoms with van der Waals surface area (Å²) in [6.07, 6.45) is 3.44. The highest BCUT2D eigenvalue weighted by molar-refractivity contribution is 5.72. The molecule has 0 aliphatic carbocycles. The van der Waals surface area contributed by atoms with E-state index >= 15 is 0 Å². The van der Waals surface area contributed by atoms with Crippen LogP contribution in [0.15, 0.2) is 54.9 Å². The largest absolute Gasteiger partial charge is 0.341 e. The summed E-state index contributed by atoms with van der Waals surface area (Å²) in [6, 6.07) is 12.7. The smallest absolute Gasteiger partial charge is 0.131 e. The molecule has 2 heterocycles. The van der Waals surface area contributed by atoms with Gasteiger partial charge < -0.3 is 21.4 Å². The van der Waals surface area contributed by atoms with Crippen LogP contribution in [0.1, 0.15) is 31.5 Å². The fourth-order valence-corrected chi connectivity index (χ4v) is 3.33. The first kappa shape index (κ1) is 20.0. The van der Waals surface area contributed by atoms with E-state index in [2.05, 4.69) is 33.8 Å². The van der Waals surface area contributed by atoms with Crippen LogP contribution in [0, 0.1) is 11.7 Å². The molecule has 154 valence electrons. The molecule has 0 fully saturated rings. The molecule has 0 spiro atoms. The van der Waals surface area contributed by atoms with Gasteiger partial charge in [-0.15, -0.1) is 0 Å². The van der Waals surface area contributed by atoms with Gasteiger partial charge in [-0.05, 0) is 23.1 Å². The number of halogens is 1. The van der Waals surface area contributed by atoms with Crippen LogP contribution in [0.25, 0.3) is 33.6 Å². The Labute approximate surface area is 174 Å². The predicted molar refractivity (Wildman–Crippen MR) is 117 cm³/mol. The average Bonchev–Trinajstić information content (AvgIpc) is 3.43. The molecule has 1 atom stereocenters. The summed E-state index contributed by atoms with van der Waals surface area (Å²) >= 11 is 0. The van der Waals surface area contributed by atoms with E-state index in [0.29, 0.717) is 23.9 Å². The monoisotopic (exact) mass is 404 g/mol. The summed E-state index contributed by atoms with van der Waals surface area (Å²) in [5.41, 5.74) is 16.4. The zero-order valence-electron chi connectivity index (χ0n) is 17.0. The molecule has 0 saturated carbocycles. The van der Waals surface area contributed by atoms with Gasteiger partial charge in [0.25, 0.3) is 0 Å². The molecule has 0 amide bonds. The van der Waals surface area contributed by atoms with Crippen molar-refractivity contribution in [2.45, 2.75) is 26.4 Å². The minimum Gasteiger partial charge on any atom is -0.341 e. The van der Waals surface area contributed by atoms with Crippen molar-refractivity contribution >= 4 is 0 Å². The van der Waals surface area contributed by atoms with Crippen LogP contribution in [0.5, 0.6) is 0 Å². The molecule has 0 bridgehead atoms. The zero-order valence-corrected chi connectivity index (χ0v) is 17.0. The Kier molecular flexibility index (Phi) is 5.48. The standard InChI is InChI=1S/C23H25FN6/c1-13(2)22(26)23-28-12-19(30-23)15-5-3-14(4-6-15)17-8-7-16(9-18(17)24)20-11-27-21(10-25)29-20/h3-9,11-13,22H,10,25-26H2,1-2H3,(H,27,29)(H,28,30). The molecule has 6 N–H and O–H groups in total. The van der Waals surface area contributed by atoms with Gasteiger partial charge in [-0.25, -0.2) is 14.4 Å². The van der Waals surface area contributed by atoms with Gasteiger partial charge in [-0.1, -0.05) is 50.2 Å². The minimum atomic E-state index is -0.295. The number of H-pyrrole nitrogens is 2. The molecule has 1 unspecified atom stereocenters. The Hall–Kier alpha value is -3.29. The van der Waals surface area contributed by atoms with E-state index in [1.165, 1.54) is 6.07 Å². The number of benzene rings is 2. The first-order chi connectivity index (χ1) is 14.5. The van der Waals surface area contributed by atoms with Crippen LogP contribution in [-0.4, -0.2) is 19.9 Å². The molecule has 0 aliphatic rings. The van der Waals surface area contributed by atoms with Gasteiger partial charge in [-0.3, -0.25) is 0 Å². The number of nitrogens with two attached hydrogens (primary N) is 2. The molecule has 7 heteroatoms. The fourth-order valence-electron chi connectivity index (χ4n) is 3.33. The second-order valence-corrected chi connectivity index (χ2v) is 7.67. The molecule has 30 heavy (non-hydrogen) atoms. The van der Waals surface area contributed by atoms with Crippen LogP contribution in [0.3, 0.4) is 0 Å². The number of hydrogen-bond acceptors (Lipinski definition) is 4. The lowest BCUT2D eigenvalue weighted by Gasteiger charge is -2.12. The lowest BCUT2D eigenvalue weighted by atomic mass is 10.0. The Bertz CT molecular complexity index is 1140. The highest BCUT2D eigenvalue weighted by Crippen LogP contribution is 2.29. The zero-order chi connectivity index (χ0) is 21.3. The summed E-state index contributed by atoms with van der Waals surface area (Å²) in [4.78, 5) is 14.9. The van der Waals surface area contributed by atoms with Crippen molar-refractivity contribution in [3.05, 3.63) is 72.3 Å². The van der Waals surface area contributed by atoms with Crippen LogP contribution < -0.4 is 11.5 Å². The number of hydrogen-bond donors (Lipinski definition) is 4. The Morgan fingerprint density at radius 1 is 0.900 bits per heavy atom. The summed E-state index contributed by atoms with van der Waals surface area (Å²) in [6.45, 7) is 4.43. The van der Waals surface area contributed by atoms with Crippen molar-refractivity contribution in [3.63, 3.8) is 0 Å². The van der Waals surface area contributed by atoms with Crippen LogP contribution in [-0.2, 0) is 6.54 Å². The molecule has 0 aliphatic heterocycles. The highest BCUT2D eigenvalue weighted by atomic mass is 19.1. The third kappa shape index (κ3) is 3.90. The van der Waals surface area contributed by atoms with E-state index < -0.39 is 0 Å². The van der Waals surface area contributed by atoms with Crippen LogP contribution in [0.4, 0.5) is 4.39 Å². The van der Waals surface area contributed by atoms with E-state index in [1.807, 2.05) is 30.3 Å². The van der Waals surface area contributed by atoms with Crippen molar-refractivity contribution in [2.24, 2.45) is 17.4 Å². The quantitative estimate of drug-likeness (QED) is 0.382. The summed E-state index contributed by atoms with van der Waals surface area (Å²) in [7, 11) is 0. The number of aromatic nitrogens is 4. The number of rotatable bonds is 6. The third-order valence-electron chi connectivity index (χ3n) is 5.24. The van der Waals surface area contributed by atoms with Gasteiger partial charge in [-0.2, -0.15) is 0 Å². The third-order valence-corrected chi connectivity index (χ3v) is 5.24. The molecule has 4 aromatic rings. The highest BCUT2D eigenvalue weighted by Gasteiger charge is 2.15. The van der Waals surface area contributed by atoms with Gasteiger partial charge in [0, 0.05) is 11.1 Å². The van der Waals surface area contributed by atoms with Crippen LogP contribution >= 0.6 is 0 Å². The Morgan fingerprint density at radius 3 is 2.17 bits per heavy atom. The average molecular weight is 404 g/mol. The fraction of sp³-hybridized carbons (Fsp3) is 0.217. The van der Waals surface area contributed by atoms with Gasteiger partial charge in [0.15, 0.2) is 0 Å². The molecule has 0 saturated heterocycles. The van der Waals surface area contributed by atoms with Crippen molar-refractivity contribution in [3.8, 4) is 33.6 Å². The van der Waals surface area contributed by atoms with E-state index in [9.17, 15) is 4.39 Å². The van der Waals surface area contributed by atoms with E-state index in [0.717, 1.165) is 33.9 Å². The number of aromatic amines is 2. The van der Waals surface area contributed by atoms with E-state index in [4.69, 9.17) is 11.5 Å². The van der Waals surface area contributed by atoms with Gasteiger partial charge in [0.1, 0.15) is 17.5 Å². The normalized spacial score (nSPS) is 12.5. The number of imidazole rings is 2. The van der Waals surface area contributed by atoms with E-state index in [1.54, 1.807) is 18.5 Å². The summed E-state index contributed by atoms with van der Waals surface area (Å²) in [5, 5.41) is 0. The topological polar surface area (TPSA) is 109 Å². The maximum Gasteiger partial charge on any atom is 0.131 e.